The molecule has 0 aliphatic heterocycles. The van der Waals surface area contributed by atoms with E-state index in [1.807, 2.05) is 6.07 Å². The predicted molar refractivity (Wildman–Crippen MR) is 74.8 cm³/mol. The molecule has 0 spiro atoms. The number of halogens is 3. The number of hydrogen-bond donors (Lipinski definition) is 2. The molecule has 0 unspecified atom stereocenters. The molecule has 0 saturated heterocycles. The van der Waals surface area contributed by atoms with Crippen LogP contribution < -0.4 is 10.6 Å². The first-order valence-electron chi connectivity index (χ1n) is 6.92. The molecule has 2 amide bonds. The van der Waals surface area contributed by atoms with E-state index in [-0.39, 0.29) is 24.9 Å². The molecule has 0 saturated carbocycles. The Balaban J connectivity index is 2.29. The van der Waals surface area contributed by atoms with Gasteiger partial charge in [0.15, 0.2) is 6.61 Å². The number of nitrogens with one attached hydrogen (secondary N) is 2. The van der Waals surface area contributed by atoms with Crippen molar-refractivity contribution in [3.8, 4) is 0 Å². The molecular weight excluding hydrogens is 317 g/mol. The van der Waals surface area contributed by atoms with Crippen molar-refractivity contribution in [3.63, 3.8) is 0 Å². The lowest BCUT2D eigenvalue weighted by molar-refractivity contribution is -0.160. The molecule has 0 aromatic carbocycles. The fourth-order valence-electron chi connectivity index (χ4n) is 1.95. The average Bonchev–Trinajstić information content (AvgIpc) is 2.74. The predicted octanol–water partition coefficient (Wildman–Crippen LogP) is 2.75. The molecule has 23 heavy (non-hydrogen) atoms. The van der Waals surface area contributed by atoms with Crippen LogP contribution >= 0.6 is 0 Å². The highest BCUT2D eigenvalue weighted by Gasteiger charge is 2.29. The number of ether oxygens (including phenoxy) is 1. The summed E-state index contributed by atoms with van der Waals surface area (Å²) >= 11 is 0. The fourth-order valence-corrected chi connectivity index (χ4v) is 1.95. The first kappa shape index (κ1) is 18.9. The van der Waals surface area contributed by atoms with Crippen LogP contribution in [0.3, 0.4) is 0 Å². The van der Waals surface area contributed by atoms with Crippen molar-refractivity contribution < 1.29 is 31.9 Å². The summed E-state index contributed by atoms with van der Waals surface area (Å²) in [6, 6.07) is 1.53. The number of carbonyl (C=O) groups excluding carboxylic acids is 2. The van der Waals surface area contributed by atoms with Crippen LogP contribution in [-0.2, 0) is 9.53 Å². The maximum atomic E-state index is 11.8. The highest BCUT2D eigenvalue weighted by Crippen LogP contribution is 2.21. The van der Waals surface area contributed by atoms with Gasteiger partial charge in [-0.3, -0.25) is 4.79 Å². The van der Waals surface area contributed by atoms with Gasteiger partial charge in [-0.2, -0.15) is 13.2 Å². The summed E-state index contributed by atoms with van der Waals surface area (Å²) in [6.07, 6.45) is -5.88. The second-order valence-corrected chi connectivity index (χ2v) is 5.03. The molecule has 130 valence electrons. The summed E-state index contributed by atoms with van der Waals surface area (Å²) in [7, 11) is 0. The molecule has 0 radical (unpaired) electrons. The maximum absolute atomic E-state index is 11.8. The molecule has 0 aliphatic carbocycles. The van der Waals surface area contributed by atoms with Gasteiger partial charge in [-0.15, -0.1) is 0 Å². The second-order valence-electron chi connectivity index (χ2n) is 5.03. The van der Waals surface area contributed by atoms with Crippen molar-refractivity contribution >= 4 is 12.0 Å². The minimum absolute atomic E-state index is 0.0820. The van der Waals surface area contributed by atoms with Crippen molar-refractivity contribution in [2.45, 2.75) is 39.4 Å². The zero-order valence-electron chi connectivity index (χ0n) is 13.0. The van der Waals surface area contributed by atoms with Gasteiger partial charge in [0.1, 0.15) is 11.5 Å². The minimum atomic E-state index is -4.58. The van der Waals surface area contributed by atoms with E-state index < -0.39 is 18.9 Å². The van der Waals surface area contributed by atoms with Gasteiger partial charge in [0.2, 0.25) is 5.91 Å². The molecule has 9 heteroatoms. The summed E-state index contributed by atoms with van der Waals surface area (Å²) in [6.45, 7) is 3.56. The lowest BCUT2D eigenvalue weighted by Crippen LogP contribution is -2.33. The highest BCUT2D eigenvalue weighted by atomic mass is 19.4. The van der Waals surface area contributed by atoms with Gasteiger partial charge in [0.25, 0.3) is 0 Å². The zero-order chi connectivity index (χ0) is 17.6. The number of hydrogen-bond acceptors (Lipinski definition) is 4. The quantitative estimate of drug-likeness (QED) is 0.837. The highest BCUT2D eigenvalue weighted by molar-refractivity contribution is 5.77. The van der Waals surface area contributed by atoms with Gasteiger partial charge in [-0.1, -0.05) is 0 Å². The molecule has 1 aromatic heterocycles. The number of rotatable bonds is 6. The van der Waals surface area contributed by atoms with Crippen molar-refractivity contribution in [2.24, 2.45) is 0 Å². The molecule has 0 bridgehead atoms. The van der Waals surface area contributed by atoms with Crippen LogP contribution in [0, 0.1) is 13.8 Å². The number of furan rings is 1. The lowest BCUT2D eigenvalue weighted by Gasteiger charge is -2.13. The third kappa shape index (κ3) is 7.07. The van der Waals surface area contributed by atoms with Gasteiger partial charge in [0.05, 0.1) is 6.04 Å². The first-order chi connectivity index (χ1) is 10.6. The molecule has 1 aromatic rings. The molecule has 0 fully saturated rings. The van der Waals surface area contributed by atoms with Crippen LogP contribution in [0.4, 0.5) is 18.0 Å². The van der Waals surface area contributed by atoms with E-state index >= 15 is 0 Å². The minimum Gasteiger partial charge on any atom is -0.466 e. The maximum Gasteiger partial charge on any atom is 0.422 e. The van der Waals surface area contributed by atoms with Crippen molar-refractivity contribution in [1.29, 1.82) is 0 Å². The normalized spacial score (nSPS) is 12.6. The van der Waals surface area contributed by atoms with E-state index in [0.717, 1.165) is 11.3 Å². The number of alkyl carbamates (subject to hydrolysis) is 1. The first-order valence-corrected chi connectivity index (χ1v) is 6.92. The molecular formula is C14H19F3N2O4. The smallest absolute Gasteiger partial charge is 0.422 e. The van der Waals surface area contributed by atoms with Gasteiger partial charge < -0.3 is 19.8 Å². The number of alkyl halides is 3. The lowest BCUT2D eigenvalue weighted by atomic mass is 10.1. The standard InChI is InChI=1S/C14H19F3N2O4/c1-8-6-11(10(3)23-8)9(2)19-12(20)4-5-18-13(21)22-7-14(15,16)17/h6,9H,4-5,7H2,1-3H3,(H,18,21)(H,19,20)/t9-/m0/s1. The molecule has 1 heterocycles. The van der Waals surface area contributed by atoms with Crippen molar-refractivity contribution in [3.05, 3.63) is 23.2 Å². The molecule has 0 aliphatic rings. The molecule has 6 nitrogen and oxygen atoms in total. The van der Waals surface area contributed by atoms with E-state index in [9.17, 15) is 22.8 Å². The summed E-state index contributed by atoms with van der Waals surface area (Å²) < 4.78 is 44.8. The molecule has 2 N–H and O–H groups in total. The largest absolute Gasteiger partial charge is 0.466 e. The summed E-state index contributed by atoms with van der Waals surface area (Å²) in [5.41, 5.74) is 0.841. The Morgan fingerprint density at radius 1 is 1.35 bits per heavy atom. The van der Waals surface area contributed by atoms with Crippen LogP contribution in [0.5, 0.6) is 0 Å². The summed E-state index contributed by atoms with van der Waals surface area (Å²) in [5.74, 6) is 1.07. The number of carbonyl (C=O) groups is 2. The summed E-state index contributed by atoms with van der Waals surface area (Å²) in [4.78, 5) is 22.7. The van der Waals surface area contributed by atoms with E-state index in [2.05, 4.69) is 15.4 Å². The van der Waals surface area contributed by atoms with Crippen LogP contribution in [0.2, 0.25) is 0 Å². The van der Waals surface area contributed by atoms with Crippen molar-refractivity contribution in [2.75, 3.05) is 13.2 Å². The topological polar surface area (TPSA) is 80.6 Å². The Hall–Kier alpha value is -2.19. The SMILES string of the molecule is Cc1cc([C@H](C)NC(=O)CCNC(=O)OCC(F)(F)F)c(C)o1. The van der Waals surface area contributed by atoms with E-state index in [4.69, 9.17) is 4.42 Å². The Kier molecular flexibility index (Phi) is 6.47. The Morgan fingerprint density at radius 2 is 2.00 bits per heavy atom. The number of amides is 2. The third-order valence-electron chi connectivity index (χ3n) is 2.91. The Labute approximate surface area is 131 Å². The van der Waals surface area contributed by atoms with Crippen LogP contribution in [0.25, 0.3) is 0 Å². The van der Waals surface area contributed by atoms with Crippen molar-refractivity contribution in [1.82, 2.24) is 10.6 Å². The Morgan fingerprint density at radius 3 is 2.52 bits per heavy atom. The van der Waals surface area contributed by atoms with E-state index in [1.165, 1.54) is 0 Å². The zero-order valence-corrected chi connectivity index (χ0v) is 13.0. The summed E-state index contributed by atoms with van der Waals surface area (Å²) in [5, 5.41) is 4.78. The fraction of sp³-hybridized carbons (Fsp3) is 0.571. The molecule has 1 rings (SSSR count). The van der Waals surface area contributed by atoms with Gasteiger partial charge in [-0.25, -0.2) is 4.79 Å². The third-order valence-corrected chi connectivity index (χ3v) is 2.91. The Bertz CT molecular complexity index is 555. The van der Waals surface area contributed by atoms with Gasteiger partial charge >= 0.3 is 12.3 Å². The second kappa shape index (κ2) is 7.89. The van der Waals surface area contributed by atoms with Gasteiger partial charge in [-0.05, 0) is 26.8 Å². The monoisotopic (exact) mass is 336 g/mol. The van der Waals surface area contributed by atoms with Gasteiger partial charge in [0, 0.05) is 18.5 Å². The van der Waals surface area contributed by atoms with Crippen LogP contribution in [0.1, 0.15) is 36.5 Å². The van der Waals surface area contributed by atoms with E-state index in [1.54, 1.807) is 20.8 Å². The van der Waals surface area contributed by atoms with Crippen LogP contribution in [-0.4, -0.2) is 31.3 Å². The van der Waals surface area contributed by atoms with E-state index in [0.29, 0.717) is 5.76 Å². The van der Waals surface area contributed by atoms with Crippen LogP contribution in [0.15, 0.2) is 10.5 Å². The average molecular weight is 336 g/mol. The number of aryl methyl sites for hydroxylation is 2. The molecule has 1 atom stereocenters.